The van der Waals surface area contributed by atoms with Crippen LogP contribution in [0.3, 0.4) is 0 Å². The van der Waals surface area contributed by atoms with Crippen LogP contribution < -0.4 is 20.5 Å². The monoisotopic (exact) mass is 394 g/mol. The maximum atomic E-state index is 5.91. The summed E-state index contributed by atoms with van der Waals surface area (Å²) in [5.41, 5.74) is 8.94. The van der Waals surface area contributed by atoms with Crippen molar-refractivity contribution in [3.63, 3.8) is 0 Å². The molecule has 1 aromatic heterocycles. The van der Waals surface area contributed by atoms with Gasteiger partial charge in [-0.05, 0) is 31.7 Å². The van der Waals surface area contributed by atoms with Crippen LogP contribution in [0.15, 0.2) is 42.5 Å². The van der Waals surface area contributed by atoms with Crippen LogP contribution in [0.2, 0.25) is 0 Å². The molecular formula is C21H26N6O2. The largest absolute Gasteiger partial charge is 0.493 e. The third kappa shape index (κ3) is 5.11. The molecule has 8 nitrogen and oxygen atoms in total. The molecule has 29 heavy (non-hydrogen) atoms. The van der Waals surface area contributed by atoms with E-state index in [0.717, 1.165) is 22.6 Å². The number of benzene rings is 2. The molecule has 0 radical (unpaired) electrons. The highest BCUT2D eigenvalue weighted by Gasteiger charge is 2.13. The highest BCUT2D eigenvalue weighted by Crippen LogP contribution is 2.31. The first-order valence-electron chi connectivity index (χ1n) is 9.21. The van der Waals surface area contributed by atoms with Crippen molar-refractivity contribution >= 4 is 17.6 Å². The Morgan fingerprint density at radius 1 is 0.966 bits per heavy atom. The number of ether oxygens (including phenoxy) is 2. The highest BCUT2D eigenvalue weighted by atomic mass is 16.5. The normalized spacial score (nSPS) is 10.8. The molecule has 0 spiro atoms. The van der Waals surface area contributed by atoms with Crippen molar-refractivity contribution in [1.29, 1.82) is 0 Å². The first kappa shape index (κ1) is 20.3. The first-order chi connectivity index (χ1) is 14.0. The predicted octanol–water partition coefficient (Wildman–Crippen LogP) is 3.16. The Balaban J connectivity index is 1.75. The van der Waals surface area contributed by atoms with E-state index in [2.05, 4.69) is 25.2 Å². The van der Waals surface area contributed by atoms with E-state index in [1.807, 2.05) is 56.4 Å². The maximum absolute atomic E-state index is 5.91. The molecule has 3 aromatic rings. The van der Waals surface area contributed by atoms with Crippen molar-refractivity contribution in [1.82, 2.24) is 19.9 Å². The summed E-state index contributed by atoms with van der Waals surface area (Å²) < 4.78 is 10.9. The lowest BCUT2D eigenvalue weighted by molar-refractivity contribution is 0.297. The number of hydrogen-bond acceptors (Lipinski definition) is 8. The first-order valence-corrected chi connectivity index (χ1v) is 9.21. The second kappa shape index (κ2) is 9.20. The highest BCUT2D eigenvalue weighted by molar-refractivity contribution is 5.58. The molecule has 0 amide bonds. The summed E-state index contributed by atoms with van der Waals surface area (Å²) >= 11 is 0. The number of aryl methyl sites for hydroxylation is 1. The number of nitrogens with zero attached hydrogens (tertiary/aromatic N) is 4. The second-order valence-corrected chi connectivity index (χ2v) is 6.70. The van der Waals surface area contributed by atoms with Gasteiger partial charge < -0.3 is 20.5 Å². The van der Waals surface area contributed by atoms with Gasteiger partial charge in [0.05, 0.1) is 20.8 Å². The summed E-state index contributed by atoms with van der Waals surface area (Å²) in [4.78, 5) is 15.1. The molecule has 0 aliphatic rings. The van der Waals surface area contributed by atoms with Crippen LogP contribution in [-0.2, 0) is 13.1 Å². The van der Waals surface area contributed by atoms with E-state index >= 15 is 0 Å². The van der Waals surface area contributed by atoms with Crippen molar-refractivity contribution in [2.75, 3.05) is 32.3 Å². The molecule has 3 N–H and O–H groups in total. The molecule has 0 atom stereocenters. The Kier molecular flexibility index (Phi) is 6.46. The van der Waals surface area contributed by atoms with Gasteiger partial charge >= 0.3 is 0 Å². The zero-order valence-electron chi connectivity index (χ0n) is 17.1. The third-order valence-electron chi connectivity index (χ3n) is 4.43. The van der Waals surface area contributed by atoms with Crippen LogP contribution in [0.1, 0.15) is 17.0 Å². The smallest absolute Gasteiger partial charge is 0.232 e. The van der Waals surface area contributed by atoms with Crippen molar-refractivity contribution in [3.8, 4) is 11.5 Å². The van der Waals surface area contributed by atoms with Crippen LogP contribution >= 0.6 is 0 Å². The van der Waals surface area contributed by atoms with Crippen molar-refractivity contribution in [2.24, 2.45) is 0 Å². The predicted molar refractivity (Wildman–Crippen MR) is 113 cm³/mol. The summed E-state index contributed by atoms with van der Waals surface area (Å²) in [5, 5.41) is 3.21. The van der Waals surface area contributed by atoms with Crippen LogP contribution in [0.25, 0.3) is 0 Å². The number of anilines is 3. The summed E-state index contributed by atoms with van der Waals surface area (Å²) in [7, 11) is 5.24. The number of nitrogens with two attached hydrogens (primary N) is 1. The lowest BCUT2D eigenvalue weighted by Crippen LogP contribution is -2.20. The van der Waals surface area contributed by atoms with Gasteiger partial charge in [-0.2, -0.15) is 15.0 Å². The van der Waals surface area contributed by atoms with Crippen LogP contribution in [0, 0.1) is 6.92 Å². The molecule has 0 fully saturated rings. The molecule has 2 aromatic carbocycles. The van der Waals surface area contributed by atoms with Crippen molar-refractivity contribution < 1.29 is 9.47 Å². The molecule has 1 heterocycles. The molecule has 0 unspecified atom stereocenters. The molecule has 0 aliphatic carbocycles. The Labute approximate surface area is 170 Å². The van der Waals surface area contributed by atoms with E-state index in [1.54, 1.807) is 14.2 Å². The van der Waals surface area contributed by atoms with Gasteiger partial charge in [0.1, 0.15) is 5.82 Å². The Bertz CT molecular complexity index is 979. The Hall–Kier alpha value is -3.39. The van der Waals surface area contributed by atoms with E-state index in [0.29, 0.717) is 30.6 Å². The number of rotatable bonds is 8. The summed E-state index contributed by atoms with van der Waals surface area (Å²) in [5.74, 6) is 2.61. The summed E-state index contributed by atoms with van der Waals surface area (Å²) in [6.45, 7) is 3.14. The van der Waals surface area contributed by atoms with E-state index in [9.17, 15) is 0 Å². The van der Waals surface area contributed by atoms with Crippen molar-refractivity contribution in [2.45, 2.75) is 20.0 Å². The topological polar surface area (TPSA) is 98.4 Å². The number of hydrogen-bond donors (Lipinski definition) is 2. The second-order valence-electron chi connectivity index (χ2n) is 6.70. The van der Waals surface area contributed by atoms with Gasteiger partial charge in [0, 0.05) is 17.8 Å². The summed E-state index contributed by atoms with van der Waals surface area (Å²) in [6, 6.07) is 13.7. The average molecular weight is 394 g/mol. The minimum atomic E-state index is 0.179. The number of para-hydroxylation sites is 2. The van der Waals surface area contributed by atoms with Crippen LogP contribution in [0.4, 0.5) is 17.6 Å². The van der Waals surface area contributed by atoms with Gasteiger partial charge in [0.25, 0.3) is 0 Å². The Morgan fingerprint density at radius 2 is 1.76 bits per heavy atom. The summed E-state index contributed by atoms with van der Waals surface area (Å²) in [6.07, 6.45) is 0. The molecule has 0 aliphatic heterocycles. The number of nitrogens with one attached hydrogen (secondary N) is 1. The SMILES string of the molecule is COc1cccc(CN(C)Cc2nc(N)nc(Nc3ccccc3C)n2)c1OC. The third-order valence-corrected chi connectivity index (χ3v) is 4.43. The lowest BCUT2D eigenvalue weighted by atomic mass is 10.1. The molecule has 3 rings (SSSR count). The van der Waals surface area contributed by atoms with E-state index < -0.39 is 0 Å². The number of aromatic nitrogens is 3. The van der Waals surface area contributed by atoms with Crippen LogP contribution in [-0.4, -0.2) is 41.1 Å². The molecule has 0 bridgehead atoms. The maximum Gasteiger partial charge on any atom is 0.232 e. The van der Waals surface area contributed by atoms with Gasteiger partial charge in [0.2, 0.25) is 11.9 Å². The van der Waals surface area contributed by atoms with Gasteiger partial charge in [-0.25, -0.2) is 0 Å². The zero-order chi connectivity index (χ0) is 20.8. The molecule has 0 saturated carbocycles. The van der Waals surface area contributed by atoms with Crippen LogP contribution in [0.5, 0.6) is 11.5 Å². The van der Waals surface area contributed by atoms with Gasteiger partial charge in [-0.1, -0.05) is 30.3 Å². The fourth-order valence-electron chi connectivity index (χ4n) is 3.06. The average Bonchev–Trinajstić information content (AvgIpc) is 2.69. The fraction of sp³-hybridized carbons (Fsp3) is 0.286. The molecule has 8 heteroatoms. The van der Waals surface area contributed by atoms with Gasteiger partial charge in [-0.3, -0.25) is 4.90 Å². The molecular weight excluding hydrogens is 368 g/mol. The van der Waals surface area contributed by atoms with E-state index in [-0.39, 0.29) is 5.95 Å². The van der Waals surface area contributed by atoms with E-state index in [4.69, 9.17) is 15.2 Å². The standard InChI is InChI=1S/C21H26N6O2/c1-14-8-5-6-10-16(14)23-21-25-18(24-20(22)26-21)13-27(2)12-15-9-7-11-17(28-3)19(15)29-4/h5-11H,12-13H2,1-4H3,(H3,22,23,24,25,26). The van der Waals surface area contributed by atoms with E-state index in [1.165, 1.54) is 0 Å². The molecule has 152 valence electrons. The minimum Gasteiger partial charge on any atom is -0.493 e. The number of methoxy groups -OCH3 is 2. The van der Waals surface area contributed by atoms with Gasteiger partial charge in [0.15, 0.2) is 11.5 Å². The number of nitrogen functional groups attached to an aromatic ring is 1. The zero-order valence-corrected chi connectivity index (χ0v) is 17.1. The lowest BCUT2D eigenvalue weighted by Gasteiger charge is -2.19. The van der Waals surface area contributed by atoms with Crippen molar-refractivity contribution in [3.05, 3.63) is 59.4 Å². The minimum absolute atomic E-state index is 0.179. The van der Waals surface area contributed by atoms with Gasteiger partial charge in [-0.15, -0.1) is 0 Å². The Morgan fingerprint density at radius 3 is 2.48 bits per heavy atom. The quantitative estimate of drug-likeness (QED) is 0.601. The molecule has 0 saturated heterocycles. The fourth-order valence-corrected chi connectivity index (χ4v) is 3.06.